The van der Waals surface area contributed by atoms with Gasteiger partial charge >= 0.3 is 0 Å². The zero-order valence-electron chi connectivity index (χ0n) is 16.8. The van der Waals surface area contributed by atoms with Crippen LogP contribution in [0.15, 0.2) is 77.9 Å². The van der Waals surface area contributed by atoms with Crippen molar-refractivity contribution in [3.8, 4) is 5.75 Å². The molecule has 1 heterocycles. The Kier molecular flexibility index (Phi) is 6.54. The van der Waals surface area contributed by atoms with Crippen LogP contribution in [0.1, 0.15) is 27.9 Å². The molecule has 1 aromatic heterocycles. The minimum atomic E-state index is -0.294. The van der Waals surface area contributed by atoms with Gasteiger partial charge in [0.05, 0.1) is 23.9 Å². The second kappa shape index (κ2) is 9.86. The smallest absolute Gasteiger partial charge is 0.271 e. The van der Waals surface area contributed by atoms with Crippen LogP contribution in [-0.4, -0.2) is 28.7 Å². The number of hydrogen-bond acceptors (Lipinski definition) is 4. The normalized spacial score (nSPS) is 11.1. The number of nitrogens with one attached hydrogen (secondary N) is 3. The van der Waals surface area contributed by atoms with Gasteiger partial charge in [0.25, 0.3) is 5.91 Å². The number of rotatable bonds is 8. The van der Waals surface area contributed by atoms with Gasteiger partial charge < -0.3 is 14.7 Å². The molecule has 0 aliphatic carbocycles. The molecular formula is C24H22N4O2S. The summed E-state index contributed by atoms with van der Waals surface area (Å²) in [6.45, 7) is 0.661. The molecule has 0 radical (unpaired) electrons. The Bertz CT molecular complexity index is 1240. The van der Waals surface area contributed by atoms with Crippen LogP contribution >= 0.6 is 12.2 Å². The van der Waals surface area contributed by atoms with Gasteiger partial charge in [-0.15, -0.1) is 0 Å². The Morgan fingerprint density at radius 1 is 1.00 bits per heavy atom. The van der Waals surface area contributed by atoms with Crippen LogP contribution in [0.5, 0.6) is 5.75 Å². The lowest BCUT2D eigenvalue weighted by molar-refractivity contribution is 0.0955. The third-order valence-corrected chi connectivity index (χ3v) is 4.96. The first kappa shape index (κ1) is 20.6. The average molecular weight is 431 g/mol. The summed E-state index contributed by atoms with van der Waals surface area (Å²) in [5, 5.41) is 4.04. The third kappa shape index (κ3) is 5.67. The van der Waals surface area contributed by atoms with E-state index < -0.39 is 0 Å². The van der Waals surface area contributed by atoms with Crippen LogP contribution in [0.3, 0.4) is 0 Å². The highest BCUT2D eigenvalue weighted by Crippen LogP contribution is 2.13. The van der Waals surface area contributed by atoms with E-state index in [9.17, 15) is 4.79 Å². The molecule has 0 spiro atoms. The zero-order valence-corrected chi connectivity index (χ0v) is 17.6. The van der Waals surface area contributed by atoms with Gasteiger partial charge in [-0.2, -0.15) is 5.10 Å². The zero-order chi connectivity index (χ0) is 21.5. The van der Waals surface area contributed by atoms with E-state index in [4.69, 9.17) is 17.0 Å². The Labute approximate surface area is 185 Å². The van der Waals surface area contributed by atoms with Gasteiger partial charge in [0, 0.05) is 5.56 Å². The highest BCUT2D eigenvalue weighted by Gasteiger charge is 2.06. The minimum Gasteiger partial charge on any atom is -0.494 e. The van der Waals surface area contributed by atoms with Gasteiger partial charge in [-0.05, 0) is 78.7 Å². The van der Waals surface area contributed by atoms with E-state index in [-0.39, 0.29) is 5.91 Å². The Hall–Kier alpha value is -3.71. The first-order chi connectivity index (χ1) is 15.2. The molecule has 0 saturated heterocycles. The maximum atomic E-state index is 12.3. The predicted octanol–water partition coefficient (Wildman–Crippen LogP) is 5.00. The van der Waals surface area contributed by atoms with E-state index in [0.29, 0.717) is 16.9 Å². The molecule has 3 N–H and O–H groups in total. The molecule has 156 valence electrons. The maximum Gasteiger partial charge on any atom is 0.271 e. The van der Waals surface area contributed by atoms with E-state index in [1.807, 2.05) is 30.3 Å². The van der Waals surface area contributed by atoms with E-state index in [0.717, 1.165) is 35.2 Å². The third-order valence-electron chi connectivity index (χ3n) is 4.76. The monoisotopic (exact) mass is 430 g/mol. The number of nitrogens with zero attached hydrogens (tertiary/aromatic N) is 1. The lowest BCUT2D eigenvalue weighted by Crippen LogP contribution is -2.17. The lowest BCUT2D eigenvalue weighted by Gasteiger charge is -2.06. The SMILES string of the molecule is O=C(N/N=C\c1ccc(OCCCc2ccccc2)cc1)c1ccc2[nH]c(=S)[nH]c2c1. The van der Waals surface area contributed by atoms with Gasteiger partial charge in [0.1, 0.15) is 5.75 Å². The van der Waals surface area contributed by atoms with Crippen molar-refractivity contribution in [1.29, 1.82) is 0 Å². The maximum absolute atomic E-state index is 12.3. The number of aromatic nitrogens is 2. The van der Waals surface area contributed by atoms with Crippen molar-refractivity contribution in [2.75, 3.05) is 6.61 Å². The number of hydrogen-bond donors (Lipinski definition) is 3. The summed E-state index contributed by atoms with van der Waals surface area (Å²) in [6, 6.07) is 23.2. The van der Waals surface area contributed by atoms with Crippen LogP contribution in [0, 0.1) is 4.77 Å². The Morgan fingerprint density at radius 3 is 2.58 bits per heavy atom. The molecule has 0 atom stereocenters. The number of carbonyl (C=O) groups is 1. The number of benzene rings is 3. The first-order valence-electron chi connectivity index (χ1n) is 10.00. The molecule has 3 aromatic carbocycles. The number of carbonyl (C=O) groups excluding carboxylic acids is 1. The van der Waals surface area contributed by atoms with Gasteiger partial charge in [-0.1, -0.05) is 30.3 Å². The number of fused-ring (bicyclic) bond motifs is 1. The largest absolute Gasteiger partial charge is 0.494 e. The second-order valence-corrected chi connectivity index (χ2v) is 7.45. The van der Waals surface area contributed by atoms with E-state index >= 15 is 0 Å². The van der Waals surface area contributed by atoms with Crippen LogP contribution in [-0.2, 0) is 6.42 Å². The van der Waals surface area contributed by atoms with Crippen LogP contribution in [0.25, 0.3) is 11.0 Å². The van der Waals surface area contributed by atoms with Crippen LogP contribution in [0.2, 0.25) is 0 Å². The summed E-state index contributed by atoms with van der Waals surface area (Å²) < 4.78 is 6.32. The number of H-pyrrole nitrogens is 2. The lowest BCUT2D eigenvalue weighted by atomic mass is 10.1. The molecule has 0 aliphatic rings. The highest BCUT2D eigenvalue weighted by atomic mass is 32.1. The Morgan fingerprint density at radius 2 is 1.77 bits per heavy atom. The predicted molar refractivity (Wildman–Crippen MR) is 125 cm³/mol. The summed E-state index contributed by atoms with van der Waals surface area (Å²) in [5.41, 5.74) is 6.85. The number of amides is 1. The van der Waals surface area contributed by atoms with E-state index in [1.165, 1.54) is 5.56 Å². The molecule has 31 heavy (non-hydrogen) atoms. The van der Waals surface area contributed by atoms with Crippen molar-refractivity contribution in [2.24, 2.45) is 5.10 Å². The number of hydrazone groups is 1. The first-order valence-corrected chi connectivity index (χ1v) is 10.4. The van der Waals surface area contributed by atoms with Crippen molar-refractivity contribution >= 4 is 35.4 Å². The molecule has 6 nitrogen and oxygen atoms in total. The summed E-state index contributed by atoms with van der Waals surface area (Å²) in [7, 11) is 0. The van der Waals surface area contributed by atoms with Crippen LogP contribution in [0.4, 0.5) is 0 Å². The number of aryl methyl sites for hydroxylation is 1. The Balaban J connectivity index is 1.25. The van der Waals surface area contributed by atoms with Crippen LogP contribution < -0.4 is 10.2 Å². The molecule has 1 amide bonds. The molecule has 7 heteroatoms. The van der Waals surface area contributed by atoms with E-state index in [1.54, 1.807) is 24.4 Å². The summed E-state index contributed by atoms with van der Waals surface area (Å²) in [5.74, 6) is 0.517. The van der Waals surface area contributed by atoms with Gasteiger partial charge in [-0.3, -0.25) is 4.79 Å². The molecule has 0 aliphatic heterocycles. The highest BCUT2D eigenvalue weighted by molar-refractivity contribution is 7.71. The molecular weight excluding hydrogens is 408 g/mol. The average Bonchev–Trinajstić information content (AvgIpc) is 3.17. The molecule has 4 rings (SSSR count). The molecule has 0 unspecified atom stereocenters. The van der Waals surface area contributed by atoms with Gasteiger partial charge in [-0.25, -0.2) is 5.43 Å². The second-order valence-electron chi connectivity index (χ2n) is 7.05. The van der Waals surface area contributed by atoms with Gasteiger partial charge in [0.2, 0.25) is 0 Å². The number of ether oxygens (including phenoxy) is 1. The summed E-state index contributed by atoms with van der Waals surface area (Å²) in [6.07, 6.45) is 3.55. The quantitative estimate of drug-likeness (QED) is 0.159. The minimum absolute atomic E-state index is 0.294. The fourth-order valence-electron chi connectivity index (χ4n) is 3.16. The van der Waals surface area contributed by atoms with Crippen molar-refractivity contribution < 1.29 is 9.53 Å². The standard InChI is InChI=1S/C24H22N4O2S/c29-23(19-10-13-21-22(15-19)27-24(31)26-21)28-25-16-18-8-11-20(12-9-18)30-14-4-7-17-5-2-1-3-6-17/h1-3,5-6,8-13,15-16H,4,7,14H2,(H,28,29)(H2,26,27,31)/b25-16-. The molecule has 0 fully saturated rings. The number of imidazole rings is 1. The topological polar surface area (TPSA) is 82.3 Å². The van der Waals surface area contributed by atoms with Crippen molar-refractivity contribution in [2.45, 2.75) is 12.8 Å². The number of aromatic amines is 2. The van der Waals surface area contributed by atoms with Crippen molar-refractivity contribution in [3.05, 3.63) is 94.3 Å². The van der Waals surface area contributed by atoms with E-state index in [2.05, 4.69) is 44.8 Å². The molecule has 0 saturated carbocycles. The van der Waals surface area contributed by atoms with Crippen molar-refractivity contribution in [3.63, 3.8) is 0 Å². The molecule has 0 bridgehead atoms. The summed E-state index contributed by atoms with van der Waals surface area (Å²) in [4.78, 5) is 18.3. The summed E-state index contributed by atoms with van der Waals surface area (Å²) >= 11 is 5.06. The molecule has 4 aromatic rings. The fourth-order valence-corrected chi connectivity index (χ4v) is 3.38. The van der Waals surface area contributed by atoms with Crippen molar-refractivity contribution in [1.82, 2.24) is 15.4 Å². The fraction of sp³-hybridized carbons (Fsp3) is 0.125. The van der Waals surface area contributed by atoms with Gasteiger partial charge in [0.15, 0.2) is 4.77 Å².